The number of amides is 2. The second-order valence-corrected chi connectivity index (χ2v) is 4.28. The van der Waals surface area contributed by atoms with Crippen molar-refractivity contribution in [2.45, 2.75) is 12.5 Å². The van der Waals surface area contributed by atoms with Crippen molar-refractivity contribution >= 4 is 29.1 Å². The smallest absolute Gasteiger partial charge is 0.251 e. The molecule has 1 aliphatic heterocycles. The highest BCUT2D eigenvalue weighted by molar-refractivity contribution is 6.30. The number of imide groups is 1. The van der Waals surface area contributed by atoms with Gasteiger partial charge in [-0.25, -0.2) is 4.90 Å². The number of carbonyl (C=O) groups is 2. The quantitative estimate of drug-likeness (QED) is 0.654. The van der Waals surface area contributed by atoms with Crippen LogP contribution in [0.25, 0.3) is 0 Å². The maximum Gasteiger partial charge on any atom is 0.251 e. The van der Waals surface area contributed by atoms with E-state index in [-0.39, 0.29) is 24.8 Å². The zero-order chi connectivity index (χ0) is 13.1. The fraction of sp³-hybridized carbons (Fsp3) is 0.250. The lowest BCUT2D eigenvalue weighted by atomic mass is 10.2. The molecule has 0 radical (unpaired) electrons. The Bertz CT molecular complexity index is 521. The first-order valence-corrected chi connectivity index (χ1v) is 5.74. The molecule has 0 unspecified atom stereocenters. The Kier molecular flexibility index (Phi) is 3.60. The number of anilines is 1. The van der Waals surface area contributed by atoms with Crippen molar-refractivity contribution in [3.8, 4) is 6.07 Å². The number of hydrogen-bond donors (Lipinski definition) is 1. The van der Waals surface area contributed by atoms with Gasteiger partial charge in [0.1, 0.15) is 0 Å². The van der Waals surface area contributed by atoms with Crippen LogP contribution in [-0.4, -0.2) is 24.4 Å². The molecule has 1 heterocycles. The van der Waals surface area contributed by atoms with E-state index in [1.807, 2.05) is 6.07 Å². The summed E-state index contributed by atoms with van der Waals surface area (Å²) in [5.41, 5.74) is 0.496. The Morgan fingerprint density at radius 2 is 2.06 bits per heavy atom. The minimum absolute atomic E-state index is 0.0398. The Morgan fingerprint density at radius 3 is 2.67 bits per heavy atom. The minimum atomic E-state index is -0.618. The average Bonchev–Trinajstić information content (AvgIpc) is 2.63. The molecule has 1 aromatic carbocycles. The lowest BCUT2D eigenvalue weighted by molar-refractivity contribution is -0.121. The van der Waals surface area contributed by atoms with E-state index < -0.39 is 6.04 Å². The number of nitrogens with zero attached hydrogens (tertiary/aromatic N) is 2. The molecule has 1 atom stereocenters. The highest BCUT2D eigenvalue weighted by Crippen LogP contribution is 2.24. The fourth-order valence-electron chi connectivity index (χ4n) is 1.82. The van der Waals surface area contributed by atoms with Crippen LogP contribution in [0.1, 0.15) is 6.42 Å². The molecule has 92 valence electrons. The molecule has 1 fully saturated rings. The normalized spacial score (nSPS) is 19.1. The number of carbonyl (C=O) groups excluding carboxylic acids is 2. The van der Waals surface area contributed by atoms with Crippen molar-refractivity contribution in [1.29, 1.82) is 5.26 Å². The van der Waals surface area contributed by atoms with Gasteiger partial charge in [-0.05, 0) is 24.3 Å². The van der Waals surface area contributed by atoms with Crippen LogP contribution in [-0.2, 0) is 9.59 Å². The molecule has 0 aliphatic carbocycles. The van der Waals surface area contributed by atoms with Gasteiger partial charge >= 0.3 is 0 Å². The predicted octanol–water partition coefficient (Wildman–Crippen LogP) is 1.09. The van der Waals surface area contributed by atoms with Gasteiger partial charge in [-0.3, -0.25) is 14.9 Å². The summed E-state index contributed by atoms with van der Waals surface area (Å²) in [5.74, 6) is -0.615. The van der Waals surface area contributed by atoms with E-state index in [4.69, 9.17) is 16.9 Å². The lowest BCUT2D eigenvalue weighted by Crippen LogP contribution is -2.38. The van der Waals surface area contributed by atoms with Crippen LogP contribution in [0.5, 0.6) is 0 Å². The Morgan fingerprint density at radius 1 is 1.39 bits per heavy atom. The minimum Gasteiger partial charge on any atom is -0.293 e. The molecular formula is C12H10ClN3O2. The van der Waals surface area contributed by atoms with Gasteiger partial charge < -0.3 is 0 Å². The van der Waals surface area contributed by atoms with Gasteiger partial charge in [0, 0.05) is 5.02 Å². The van der Waals surface area contributed by atoms with E-state index in [0.29, 0.717) is 10.7 Å². The monoisotopic (exact) mass is 263 g/mol. The molecule has 0 spiro atoms. The molecule has 1 aliphatic rings. The first-order valence-electron chi connectivity index (χ1n) is 5.36. The molecule has 0 bridgehead atoms. The van der Waals surface area contributed by atoms with Gasteiger partial charge in [0.15, 0.2) is 0 Å². The number of halogens is 1. The van der Waals surface area contributed by atoms with Crippen LogP contribution in [0.4, 0.5) is 5.69 Å². The first-order chi connectivity index (χ1) is 8.63. The summed E-state index contributed by atoms with van der Waals surface area (Å²) in [5, 5.41) is 11.7. The zero-order valence-electron chi connectivity index (χ0n) is 9.39. The van der Waals surface area contributed by atoms with Gasteiger partial charge in [0.2, 0.25) is 5.91 Å². The van der Waals surface area contributed by atoms with Crippen LogP contribution < -0.4 is 10.2 Å². The number of benzene rings is 1. The highest BCUT2D eigenvalue weighted by Gasteiger charge is 2.39. The van der Waals surface area contributed by atoms with E-state index in [0.717, 1.165) is 4.90 Å². The third kappa shape index (κ3) is 2.35. The SMILES string of the molecule is N#CCN[C@@H]1CC(=O)N(c2ccc(Cl)cc2)C1=O. The molecule has 0 aromatic heterocycles. The summed E-state index contributed by atoms with van der Waals surface area (Å²) < 4.78 is 0. The summed E-state index contributed by atoms with van der Waals surface area (Å²) in [6.45, 7) is 0.0398. The van der Waals surface area contributed by atoms with E-state index in [1.165, 1.54) is 0 Å². The number of rotatable bonds is 3. The van der Waals surface area contributed by atoms with Gasteiger partial charge in [0.05, 0.1) is 30.8 Å². The van der Waals surface area contributed by atoms with Crippen LogP contribution >= 0.6 is 11.6 Å². The fourth-order valence-corrected chi connectivity index (χ4v) is 1.95. The van der Waals surface area contributed by atoms with Crippen LogP contribution in [0.15, 0.2) is 24.3 Å². The van der Waals surface area contributed by atoms with E-state index >= 15 is 0 Å². The maximum atomic E-state index is 12.0. The highest BCUT2D eigenvalue weighted by atomic mass is 35.5. The number of nitriles is 1. The molecule has 1 N–H and O–H groups in total. The first kappa shape index (κ1) is 12.6. The molecule has 2 rings (SSSR count). The summed E-state index contributed by atoms with van der Waals surface area (Å²) >= 11 is 5.75. The molecule has 1 saturated heterocycles. The molecule has 5 nitrogen and oxygen atoms in total. The van der Waals surface area contributed by atoms with Crippen LogP contribution in [0.3, 0.4) is 0 Å². The third-order valence-corrected chi connectivity index (χ3v) is 2.91. The molecule has 1 aromatic rings. The maximum absolute atomic E-state index is 12.0. The predicted molar refractivity (Wildman–Crippen MR) is 66.0 cm³/mol. The molecule has 6 heteroatoms. The van der Waals surface area contributed by atoms with E-state index in [1.54, 1.807) is 24.3 Å². The second kappa shape index (κ2) is 5.17. The molecular weight excluding hydrogens is 254 g/mol. The summed E-state index contributed by atoms with van der Waals surface area (Å²) in [4.78, 5) is 24.9. The van der Waals surface area contributed by atoms with Crippen molar-refractivity contribution in [3.63, 3.8) is 0 Å². The van der Waals surface area contributed by atoms with Crippen molar-refractivity contribution in [3.05, 3.63) is 29.3 Å². The Hall–Kier alpha value is -1.90. The second-order valence-electron chi connectivity index (χ2n) is 3.84. The Balaban J connectivity index is 2.19. The summed E-state index contributed by atoms with van der Waals surface area (Å²) in [7, 11) is 0. The van der Waals surface area contributed by atoms with E-state index in [9.17, 15) is 9.59 Å². The van der Waals surface area contributed by atoms with Crippen LogP contribution in [0, 0.1) is 11.3 Å². The summed E-state index contributed by atoms with van der Waals surface area (Å²) in [6, 6.07) is 7.73. The van der Waals surface area contributed by atoms with Crippen molar-refractivity contribution in [2.75, 3.05) is 11.4 Å². The standard InChI is InChI=1S/C12H10ClN3O2/c13-8-1-3-9(4-2-8)16-11(17)7-10(12(16)18)15-6-5-14/h1-4,10,15H,6-7H2/t10-/m1/s1. The van der Waals surface area contributed by atoms with Gasteiger partial charge in [-0.2, -0.15) is 5.26 Å². The summed E-state index contributed by atoms with van der Waals surface area (Å²) in [6.07, 6.45) is 0.0726. The molecule has 18 heavy (non-hydrogen) atoms. The topological polar surface area (TPSA) is 73.2 Å². The van der Waals surface area contributed by atoms with Gasteiger partial charge in [-0.1, -0.05) is 11.6 Å². The number of hydrogen-bond acceptors (Lipinski definition) is 4. The van der Waals surface area contributed by atoms with E-state index in [2.05, 4.69) is 5.32 Å². The van der Waals surface area contributed by atoms with Crippen molar-refractivity contribution < 1.29 is 9.59 Å². The van der Waals surface area contributed by atoms with Crippen LogP contribution in [0.2, 0.25) is 5.02 Å². The zero-order valence-corrected chi connectivity index (χ0v) is 10.1. The Labute approximate surface area is 109 Å². The number of nitrogens with one attached hydrogen (secondary N) is 1. The molecule has 0 saturated carbocycles. The van der Waals surface area contributed by atoms with Gasteiger partial charge in [0.25, 0.3) is 5.91 Å². The van der Waals surface area contributed by atoms with Crippen molar-refractivity contribution in [1.82, 2.24) is 5.32 Å². The van der Waals surface area contributed by atoms with Crippen molar-refractivity contribution in [2.24, 2.45) is 0 Å². The van der Waals surface area contributed by atoms with Gasteiger partial charge in [-0.15, -0.1) is 0 Å². The average molecular weight is 264 g/mol. The molecule has 2 amide bonds. The third-order valence-electron chi connectivity index (χ3n) is 2.66. The lowest BCUT2D eigenvalue weighted by Gasteiger charge is -2.14. The largest absolute Gasteiger partial charge is 0.293 e.